The Balaban J connectivity index is 2.99. The summed E-state index contributed by atoms with van der Waals surface area (Å²) in [5, 5.41) is 0. The molecule has 0 unspecified atom stereocenters. The summed E-state index contributed by atoms with van der Waals surface area (Å²) >= 11 is 0. The van der Waals surface area contributed by atoms with E-state index < -0.39 is 0 Å². The van der Waals surface area contributed by atoms with Gasteiger partial charge in [0.25, 0.3) is 0 Å². The number of hydrogen-bond donors (Lipinski definition) is 1. The smallest absolute Gasteiger partial charge is 0.0314 e. The Hall–Kier alpha value is -1.68. The molecule has 0 saturated carbocycles. The molecule has 0 spiro atoms. The molecular formula is C10H9N. The molecule has 2 N–H and O–H groups in total. The van der Waals surface area contributed by atoms with Crippen molar-refractivity contribution in [1.82, 2.24) is 0 Å². The second kappa shape index (κ2) is 3.48. The van der Waals surface area contributed by atoms with Crippen molar-refractivity contribution >= 4 is 11.8 Å². The predicted octanol–water partition coefficient (Wildman–Crippen LogP) is 2.22. The first kappa shape index (κ1) is 7.43. The zero-order chi connectivity index (χ0) is 8.10. The zero-order valence-electron chi connectivity index (χ0n) is 6.17. The van der Waals surface area contributed by atoms with E-state index in [1.54, 1.807) is 6.08 Å². The van der Waals surface area contributed by atoms with Gasteiger partial charge in [-0.05, 0) is 30.4 Å². The van der Waals surface area contributed by atoms with E-state index in [0.717, 1.165) is 11.3 Å². The van der Waals surface area contributed by atoms with Crippen LogP contribution in [0.4, 0.5) is 5.69 Å². The largest absolute Gasteiger partial charge is 0.399 e. The van der Waals surface area contributed by atoms with Crippen LogP contribution in [0.15, 0.2) is 42.3 Å². The van der Waals surface area contributed by atoms with Crippen LogP contribution in [0.2, 0.25) is 0 Å². The standard InChI is InChI=1S/C10H9N/c1-2-3-4-9-5-7-10(11)8-6-9/h4-8H,1,11H2. The molecule has 1 heteroatoms. The number of hydrogen-bond acceptors (Lipinski definition) is 1. The first-order valence-corrected chi connectivity index (χ1v) is 3.29. The molecule has 54 valence electrons. The predicted molar refractivity (Wildman–Crippen MR) is 48.0 cm³/mol. The molecule has 0 amide bonds. The summed E-state index contributed by atoms with van der Waals surface area (Å²) < 4.78 is 0. The molecule has 1 aromatic carbocycles. The molecule has 11 heavy (non-hydrogen) atoms. The highest BCUT2D eigenvalue weighted by Crippen LogP contribution is 2.05. The van der Waals surface area contributed by atoms with E-state index in [-0.39, 0.29) is 0 Å². The van der Waals surface area contributed by atoms with Crippen molar-refractivity contribution in [3.63, 3.8) is 0 Å². The van der Waals surface area contributed by atoms with E-state index in [1.165, 1.54) is 0 Å². The fourth-order valence-electron chi connectivity index (χ4n) is 0.727. The quantitative estimate of drug-likeness (QED) is 0.473. The molecular weight excluding hydrogens is 134 g/mol. The monoisotopic (exact) mass is 143 g/mol. The van der Waals surface area contributed by atoms with Crippen LogP contribution in [-0.4, -0.2) is 0 Å². The Morgan fingerprint density at radius 2 is 1.91 bits per heavy atom. The summed E-state index contributed by atoms with van der Waals surface area (Å²) in [7, 11) is 0. The SMILES string of the molecule is C=C=C=Cc1ccc(N)cc1. The van der Waals surface area contributed by atoms with Gasteiger partial charge < -0.3 is 5.73 Å². The van der Waals surface area contributed by atoms with Crippen LogP contribution in [0.1, 0.15) is 5.56 Å². The maximum Gasteiger partial charge on any atom is 0.0314 e. The van der Waals surface area contributed by atoms with Gasteiger partial charge in [-0.15, -0.1) is 0 Å². The molecule has 0 fully saturated rings. The van der Waals surface area contributed by atoms with E-state index in [1.807, 2.05) is 24.3 Å². The third-order valence-corrected chi connectivity index (χ3v) is 1.28. The summed E-state index contributed by atoms with van der Waals surface area (Å²) in [5.74, 6) is 0. The maximum atomic E-state index is 5.49. The van der Waals surface area contributed by atoms with Crippen molar-refractivity contribution < 1.29 is 0 Å². The van der Waals surface area contributed by atoms with Crippen LogP contribution in [0.5, 0.6) is 0 Å². The van der Waals surface area contributed by atoms with Gasteiger partial charge in [-0.2, -0.15) is 0 Å². The minimum atomic E-state index is 0.768. The number of benzene rings is 1. The lowest BCUT2D eigenvalue weighted by Crippen LogP contribution is -1.82. The van der Waals surface area contributed by atoms with Crippen molar-refractivity contribution in [2.24, 2.45) is 0 Å². The molecule has 0 aromatic heterocycles. The van der Waals surface area contributed by atoms with Crippen molar-refractivity contribution in [3.05, 3.63) is 47.9 Å². The first-order chi connectivity index (χ1) is 5.33. The van der Waals surface area contributed by atoms with E-state index in [0.29, 0.717) is 0 Å². The maximum absolute atomic E-state index is 5.49. The Bertz CT molecular complexity index is 309. The Morgan fingerprint density at radius 3 is 2.45 bits per heavy atom. The lowest BCUT2D eigenvalue weighted by Gasteiger charge is -1.91. The Kier molecular flexibility index (Phi) is 2.35. The van der Waals surface area contributed by atoms with Crippen molar-refractivity contribution in [2.45, 2.75) is 0 Å². The second-order valence-electron chi connectivity index (χ2n) is 2.13. The third kappa shape index (κ3) is 2.19. The van der Waals surface area contributed by atoms with E-state index in [2.05, 4.69) is 18.0 Å². The highest BCUT2D eigenvalue weighted by molar-refractivity contribution is 5.52. The van der Waals surface area contributed by atoms with Gasteiger partial charge in [-0.1, -0.05) is 23.6 Å². The van der Waals surface area contributed by atoms with Gasteiger partial charge in [-0.3, -0.25) is 0 Å². The molecule has 1 nitrogen and oxygen atoms in total. The lowest BCUT2D eigenvalue weighted by atomic mass is 10.2. The zero-order valence-corrected chi connectivity index (χ0v) is 6.17. The lowest BCUT2D eigenvalue weighted by molar-refractivity contribution is 1.65. The van der Waals surface area contributed by atoms with Crippen LogP contribution in [0.3, 0.4) is 0 Å². The molecule has 1 rings (SSSR count). The normalized spacial score (nSPS) is 8.00. The molecule has 0 radical (unpaired) electrons. The van der Waals surface area contributed by atoms with E-state index in [4.69, 9.17) is 5.73 Å². The van der Waals surface area contributed by atoms with Gasteiger partial charge in [0.1, 0.15) is 0 Å². The third-order valence-electron chi connectivity index (χ3n) is 1.28. The highest BCUT2D eigenvalue weighted by Gasteiger charge is 1.83. The summed E-state index contributed by atoms with van der Waals surface area (Å²) in [5.41, 5.74) is 12.6. The number of anilines is 1. The summed E-state index contributed by atoms with van der Waals surface area (Å²) in [6.07, 6.45) is 1.80. The minimum Gasteiger partial charge on any atom is -0.399 e. The van der Waals surface area contributed by atoms with Crippen LogP contribution < -0.4 is 5.73 Å². The number of nitrogens with two attached hydrogens (primary N) is 1. The van der Waals surface area contributed by atoms with Crippen molar-refractivity contribution in [3.8, 4) is 0 Å². The molecule has 0 aliphatic carbocycles. The average molecular weight is 143 g/mol. The van der Waals surface area contributed by atoms with Crippen LogP contribution in [0.25, 0.3) is 6.08 Å². The molecule has 0 bridgehead atoms. The first-order valence-electron chi connectivity index (χ1n) is 3.29. The molecule has 0 heterocycles. The van der Waals surface area contributed by atoms with Crippen molar-refractivity contribution in [2.75, 3.05) is 5.73 Å². The summed E-state index contributed by atoms with van der Waals surface area (Å²) in [6, 6.07) is 7.52. The van der Waals surface area contributed by atoms with Crippen LogP contribution in [0, 0.1) is 0 Å². The van der Waals surface area contributed by atoms with Crippen molar-refractivity contribution in [1.29, 1.82) is 0 Å². The molecule has 0 saturated heterocycles. The van der Waals surface area contributed by atoms with Gasteiger partial charge in [0.2, 0.25) is 0 Å². The summed E-state index contributed by atoms with van der Waals surface area (Å²) in [6.45, 7) is 3.40. The average Bonchev–Trinajstić information content (AvgIpc) is 2.04. The van der Waals surface area contributed by atoms with Crippen LogP contribution in [-0.2, 0) is 0 Å². The Morgan fingerprint density at radius 1 is 1.27 bits per heavy atom. The fraction of sp³-hybridized carbons (Fsp3) is 0. The van der Waals surface area contributed by atoms with Gasteiger partial charge in [0.05, 0.1) is 0 Å². The highest BCUT2D eigenvalue weighted by atomic mass is 14.5. The van der Waals surface area contributed by atoms with Crippen LogP contribution >= 0.6 is 0 Å². The van der Waals surface area contributed by atoms with E-state index >= 15 is 0 Å². The Labute approximate surface area is 66.2 Å². The van der Waals surface area contributed by atoms with Gasteiger partial charge in [0, 0.05) is 5.69 Å². The molecule has 0 atom stereocenters. The summed E-state index contributed by atoms with van der Waals surface area (Å²) in [4.78, 5) is 0. The fourth-order valence-corrected chi connectivity index (χ4v) is 0.727. The van der Waals surface area contributed by atoms with Gasteiger partial charge in [-0.25, -0.2) is 0 Å². The van der Waals surface area contributed by atoms with Gasteiger partial charge >= 0.3 is 0 Å². The van der Waals surface area contributed by atoms with Gasteiger partial charge in [0.15, 0.2) is 0 Å². The van der Waals surface area contributed by atoms with E-state index in [9.17, 15) is 0 Å². The topological polar surface area (TPSA) is 26.0 Å². The molecule has 1 aromatic rings. The second-order valence-corrected chi connectivity index (χ2v) is 2.13. The number of rotatable bonds is 1. The number of nitrogen functional groups attached to an aromatic ring is 1. The molecule has 0 aliphatic heterocycles. The minimum absolute atomic E-state index is 0.768. The molecule has 0 aliphatic rings.